The fourth-order valence-electron chi connectivity index (χ4n) is 3.30. The Kier molecular flexibility index (Phi) is 8.60. The predicted molar refractivity (Wildman–Crippen MR) is 112 cm³/mol. The van der Waals surface area contributed by atoms with Gasteiger partial charge in [-0.15, -0.1) is 11.3 Å². The van der Waals surface area contributed by atoms with Crippen LogP contribution >= 0.6 is 11.3 Å². The van der Waals surface area contributed by atoms with Gasteiger partial charge in [-0.25, -0.2) is 22.6 Å². The number of nitrogens with zero attached hydrogens (tertiary/aromatic N) is 2. The van der Waals surface area contributed by atoms with Crippen LogP contribution in [-0.4, -0.2) is 56.3 Å². The van der Waals surface area contributed by atoms with E-state index < -0.39 is 27.8 Å². The highest BCUT2D eigenvalue weighted by molar-refractivity contribution is 7.90. The van der Waals surface area contributed by atoms with E-state index in [9.17, 15) is 26.0 Å². The van der Waals surface area contributed by atoms with Crippen molar-refractivity contribution in [2.24, 2.45) is 0 Å². The number of rotatable bonds is 6. The van der Waals surface area contributed by atoms with Crippen LogP contribution in [-0.2, 0) is 20.4 Å². The highest BCUT2D eigenvalue weighted by Gasteiger charge is 2.38. The minimum absolute atomic E-state index is 0.248. The van der Waals surface area contributed by atoms with E-state index in [2.05, 4.69) is 15.2 Å². The molecule has 1 aromatic carbocycles. The van der Waals surface area contributed by atoms with Gasteiger partial charge < -0.3 is 15.3 Å². The molecule has 0 saturated carbocycles. The topological polar surface area (TPSA) is 99.6 Å². The normalized spacial score (nSPS) is 16.4. The molecule has 0 unspecified atom stereocenters. The van der Waals surface area contributed by atoms with Crippen molar-refractivity contribution in [3.05, 3.63) is 40.1 Å². The largest absolute Gasteiger partial charge is 0.490 e. The molecule has 7 nitrogen and oxygen atoms in total. The van der Waals surface area contributed by atoms with E-state index in [1.807, 2.05) is 13.8 Å². The molecule has 0 bridgehead atoms. The van der Waals surface area contributed by atoms with Crippen molar-refractivity contribution in [3.63, 3.8) is 0 Å². The highest BCUT2D eigenvalue weighted by atomic mass is 32.2. The van der Waals surface area contributed by atoms with E-state index in [1.165, 1.54) is 23.5 Å². The van der Waals surface area contributed by atoms with Crippen LogP contribution in [0.2, 0.25) is 0 Å². The number of nitrogens with one attached hydrogen (secondary N) is 1. The number of carbonyl (C=O) groups is 1. The molecule has 2 heterocycles. The first-order valence-electron chi connectivity index (χ1n) is 9.54. The number of aliphatic carboxylic acids is 1. The number of sulfone groups is 1. The number of likely N-dealkylation sites (N-methyl/N-ethyl adjacent to an activating group) is 1. The van der Waals surface area contributed by atoms with Crippen LogP contribution in [0.5, 0.6) is 0 Å². The summed E-state index contributed by atoms with van der Waals surface area (Å²) in [5.74, 6) is -3.73. The number of carboxylic acids is 1. The van der Waals surface area contributed by atoms with Gasteiger partial charge in [-0.1, -0.05) is 0 Å². The smallest absolute Gasteiger partial charge is 0.475 e. The number of aromatic nitrogens is 1. The van der Waals surface area contributed by atoms with Gasteiger partial charge in [-0.05, 0) is 44.5 Å². The Morgan fingerprint density at radius 3 is 2.50 bits per heavy atom. The third kappa shape index (κ3) is 6.62. The van der Waals surface area contributed by atoms with E-state index in [0.29, 0.717) is 11.7 Å². The number of carboxylic acid groups (broad SMARTS) is 1. The van der Waals surface area contributed by atoms with E-state index in [1.54, 1.807) is 10.9 Å². The molecular weight excluding hydrogens is 474 g/mol. The van der Waals surface area contributed by atoms with Crippen molar-refractivity contribution in [2.45, 2.75) is 43.1 Å². The molecule has 1 aromatic heterocycles. The van der Waals surface area contributed by atoms with E-state index in [4.69, 9.17) is 9.90 Å². The van der Waals surface area contributed by atoms with Gasteiger partial charge in [0, 0.05) is 30.2 Å². The average molecular weight is 498 g/mol. The molecule has 13 heteroatoms. The number of halogens is 4. The summed E-state index contributed by atoms with van der Waals surface area (Å²) in [6, 6.07) is 3.13. The van der Waals surface area contributed by atoms with Gasteiger partial charge in [-0.2, -0.15) is 13.2 Å². The summed E-state index contributed by atoms with van der Waals surface area (Å²) in [6.45, 7) is 6.42. The summed E-state index contributed by atoms with van der Waals surface area (Å²) in [6.07, 6.45) is -4.08. The van der Waals surface area contributed by atoms with Crippen LogP contribution in [0.15, 0.2) is 27.9 Å². The van der Waals surface area contributed by atoms with Gasteiger partial charge in [0.1, 0.15) is 10.7 Å². The molecule has 3 rings (SSSR count). The van der Waals surface area contributed by atoms with E-state index in [-0.39, 0.29) is 10.6 Å². The maximum Gasteiger partial charge on any atom is 0.490 e. The number of hydrogen-bond donors (Lipinski definition) is 2. The zero-order valence-corrected chi connectivity index (χ0v) is 19.0. The van der Waals surface area contributed by atoms with Crippen LogP contribution in [0, 0.1) is 12.7 Å². The summed E-state index contributed by atoms with van der Waals surface area (Å²) < 4.78 is 71.6. The molecule has 1 atom stereocenters. The average Bonchev–Trinajstić information content (AvgIpc) is 3.38. The van der Waals surface area contributed by atoms with Crippen LogP contribution in [0.25, 0.3) is 0 Å². The molecule has 0 spiro atoms. The Morgan fingerprint density at radius 2 is 2.03 bits per heavy atom. The number of thiazole rings is 1. The molecule has 2 aromatic rings. The second kappa shape index (κ2) is 10.6. The molecule has 0 radical (unpaired) electrons. The Labute approximate surface area is 187 Å². The number of aryl methyl sites for hydroxylation is 1. The molecule has 1 aliphatic heterocycles. The first-order valence-corrected chi connectivity index (χ1v) is 12.1. The predicted octanol–water partition coefficient (Wildman–Crippen LogP) is 3.39. The van der Waals surface area contributed by atoms with Crippen LogP contribution in [0.3, 0.4) is 0 Å². The van der Waals surface area contributed by atoms with E-state index >= 15 is 0 Å². The molecule has 1 saturated heterocycles. The van der Waals surface area contributed by atoms with Crippen molar-refractivity contribution < 1.29 is 35.9 Å². The fraction of sp³-hybridized carbons (Fsp3) is 0.474. The number of anilines is 1. The minimum Gasteiger partial charge on any atom is -0.475 e. The van der Waals surface area contributed by atoms with Crippen molar-refractivity contribution in [1.29, 1.82) is 0 Å². The lowest BCUT2D eigenvalue weighted by atomic mass is 10.1. The van der Waals surface area contributed by atoms with Gasteiger partial charge in [0.25, 0.3) is 0 Å². The molecule has 178 valence electrons. The summed E-state index contributed by atoms with van der Waals surface area (Å²) >= 11 is 1.32. The first kappa shape index (κ1) is 26.0. The number of benzene rings is 1. The fourth-order valence-corrected chi connectivity index (χ4v) is 5.38. The summed E-state index contributed by atoms with van der Waals surface area (Å²) in [5, 5.41) is 12.1. The minimum atomic E-state index is -5.08. The van der Waals surface area contributed by atoms with Gasteiger partial charge in [0.05, 0.1) is 17.0 Å². The quantitative estimate of drug-likeness (QED) is 0.591. The lowest BCUT2D eigenvalue weighted by Crippen LogP contribution is -2.37. The van der Waals surface area contributed by atoms with Crippen LogP contribution in [0.4, 0.5) is 23.2 Å². The Hall–Kier alpha value is -2.25. The molecule has 1 fully saturated rings. The monoisotopic (exact) mass is 497 g/mol. The maximum absolute atomic E-state index is 14.7. The van der Waals surface area contributed by atoms with Crippen LogP contribution in [0.1, 0.15) is 24.6 Å². The summed E-state index contributed by atoms with van der Waals surface area (Å²) in [4.78, 5) is 14.8. The van der Waals surface area contributed by atoms with E-state index in [0.717, 1.165) is 37.3 Å². The molecule has 32 heavy (non-hydrogen) atoms. The Bertz CT molecular complexity index is 1020. The molecule has 1 aliphatic rings. The van der Waals surface area contributed by atoms with Gasteiger partial charge in [0.15, 0.2) is 9.84 Å². The molecule has 2 N–H and O–H groups in total. The zero-order chi connectivity index (χ0) is 24.1. The summed E-state index contributed by atoms with van der Waals surface area (Å²) in [7, 11) is -3.77. The Morgan fingerprint density at radius 1 is 1.38 bits per heavy atom. The first-order chi connectivity index (χ1) is 14.9. The van der Waals surface area contributed by atoms with Gasteiger partial charge >= 0.3 is 12.1 Å². The lowest BCUT2D eigenvalue weighted by Gasteiger charge is -2.31. The standard InChI is InChI=1S/C17H22FN3O2S2.C2HF3O2/c1-3-21(14-4-5-19-8-14)16-7-15(18)17(6-12(16)2)25(22,23)10-13-9-24-11-20-13;3-2(4,5)1(6)7/h6-7,9,11,14,19H,3-5,8,10H2,1-2H3;(H,6,7)/t14-;/m0./s1. The molecule has 0 amide bonds. The van der Waals surface area contributed by atoms with Gasteiger partial charge in [0.2, 0.25) is 0 Å². The zero-order valence-electron chi connectivity index (χ0n) is 17.3. The van der Waals surface area contributed by atoms with Crippen molar-refractivity contribution in [3.8, 4) is 0 Å². The SMILES string of the molecule is CCN(c1cc(F)c(S(=O)(=O)Cc2cscn2)cc1C)[C@H]1CCNC1.O=C(O)C(F)(F)F. The number of alkyl halides is 3. The van der Waals surface area contributed by atoms with Gasteiger partial charge in [-0.3, -0.25) is 0 Å². The molecular formula is C19H23F4N3O4S2. The Balaban J connectivity index is 0.000000451. The summed E-state index contributed by atoms with van der Waals surface area (Å²) in [5.41, 5.74) is 3.55. The second-order valence-corrected chi connectivity index (χ2v) is 9.72. The van der Waals surface area contributed by atoms with Crippen molar-refractivity contribution in [1.82, 2.24) is 10.3 Å². The third-order valence-electron chi connectivity index (χ3n) is 4.77. The van der Waals surface area contributed by atoms with Crippen molar-refractivity contribution in [2.75, 3.05) is 24.5 Å². The third-order valence-corrected chi connectivity index (χ3v) is 7.07. The number of hydrogen-bond acceptors (Lipinski definition) is 7. The molecule has 0 aliphatic carbocycles. The lowest BCUT2D eigenvalue weighted by molar-refractivity contribution is -0.192. The second-order valence-electron chi connectivity index (χ2n) is 7.04. The maximum atomic E-state index is 14.7. The van der Waals surface area contributed by atoms with Crippen molar-refractivity contribution >= 4 is 32.8 Å². The van der Waals surface area contributed by atoms with Crippen LogP contribution < -0.4 is 10.2 Å². The highest BCUT2D eigenvalue weighted by Crippen LogP contribution is 2.30.